The maximum absolute atomic E-state index is 13.4. The van der Waals surface area contributed by atoms with E-state index in [2.05, 4.69) is 10.6 Å². The fraction of sp³-hybridized carbons (Fsp3) is 0.500. The molecule has 11 nitrogen and oxygen atoms in total. The van der Waals surface area contributed by atoms with Crippen LogP contribution >= 0.6 is 0 Å². The maximum Gasteiger partial charge on any atom is 0.492 e. The van der Waals surface area contributed by atoms with E-state index in [0.29, 0.717) is 29.7 Å². The third-order valence-corrected chi connectivity index (χ3v) is 8.32. The number of hydrogen-bond acceptors (Lipinski definition) is 8. The summed E-state index contributed by atoms with van der Waals surface area (Å²) in [5.74, 6) is -1.48. The van der Waals surface area contributed by atoms with Gasteiger partial charge in [-0.05, 0) is 80.4 Å². The number of benzene rings is 2. The minimum atomic E-state index is -4.48. The highest BCUT2D eigenvalue weighted by Crippen LogP contribution is 2.31. The number of fused-ring (bicyclic) bond motifs is 1. The second-order valence-corrected chi connectivity index (χ2v) is 12.1. The molecule has 0 aliphatic carbocycles. The summed E-state index contributed by atoms with van der Waals surface area (Å²) in [5, 5.41) is 15.7. The molecule has 0 aromatic heterocycles. The Morgan fingerprint density at radius 2 is 1.82 bits per heavy atom. The van der Waals surface area contributed by atoms with Gasteiger partial charge in [0.25, 0.3) is 0 Å². The minimum Gasteiger partial charge on any atom is -0.423 e. The molecule has 0 bridgehead atoms. The van der Waals surface area contributed by atoms with Gasteiger partial charge in [0.15, 0.2) is 0 Å². The molecule has 0 saturated carbocycles. The number of hydrogen-bond donors (Lipinski definition) is 6. The van der Waals surface area contributed by atoms with Crippen LogP contribution < -0.4 is 33.3 Å². The van der Waals surface area contributed by atoms with Crippen molar-refractivity contribution in [1.29, 1.82) is 0 Å². The number of carbonyl (C=O) groups is 3. The number of nitrogens with zero attached hydrogens (tertiary/aromatic N) is 1. The molecule has 2 aromatic carbocycles. The third-order valence-electron chi connectivity index (χ3n) is 8.32. The summed E-state index contributed by atoms with van der Waals surface area (Å²) in [4.78, 5) is 40.9. The van der Waals surface area contributed by atoms with Gasteiger partial charge >= 0.3 is 13.3 Å². The van der Waals surface area contributed by atoms with Crippen molar-refractivity contribution in [3.05, 3.63) is 59.2 Å². The first-order chi connectivity index (χ1) is 21.1. The molecule has 45 heavy (non-hydrogen) atoms. The Kier molecular flexibility index (Phi) is 10.6. The molecule has 3 amide bonds. The summed E-state index contributed by atoms with van der Waals surface area (Å²) >= 11 is 0. The summed E-state index contributed by atoms with van der Waals surface area (Å²) < 4.78 is 44.6. The fourth-order valence-electron chi connectivity index (χ4n) is 5.78. The van der Waals surface area contributed by atoms with Crippen LogP contribution in [0.1, 0.15) is 56.2 Å². The van der Waals surface area contributed by atoms with E-state index in [4.69, 9.17) is 21.9 Å². The van der Waals surface area contributed by atoms with Gasteiger partial charge in [-0.15, -0.1) is 0 Å². The molecule has 1 saturated heterocycles. The number of amides is 3. The van der Waals surface area contributed by atoms with Crippen molar-refractivity contribution in [2.75, 3.05) is 18.4 Å². The van der Waals surface area contributed by atoms with E-state index < -0.39 is 48.4 Å². The molecule has 2 unspecified atom stereocenters. The lowest BCUT2D eigenvalue weighted by molar-refractivity contribution is -0.137. The van der Waals surface area contributed by atoms with E-state index in [-0.39, 0.29) is 50.2 Å². The Balaban J connectivity index is 1.43. The number of carbonyl (C=O) groups excluding carboxylic acids is 3. The molecule has 2 heterocycles. The number of rotatable bonds is 11. The summed E-state index contributed by atoms with van der Waals surface area (Å²) in [6.07, 6.45) is -3.68. The van der Waals surface area contributed by atoms with Gasteiger partial charge in [0.2, 0.25) is 17.7 Å². The molecule has 9 N–H and O–H groups in total. The van der Waals surface area contributed by atoms with Crippen molar-refractivity contribution < 1.29 is 37.2 Å². The van der Waals surface area contributed by atoms with E-state index in [9.17, 15) is 32.6 Å². The van der Waals surface area contributed by atoms with Crippen molar-refractivity contribution in [3.63, 3.8) is 0 Å². The normalized spacial score (nSPS) is 20.5. The first kappa shape index (κ1) is 34.4. The van der Waals surface area contributed by atoms with Crippen molar-refractivity contribution in [1.82, 2.24) is 10.2 Å². The van der Waals surface area contributed by atoms with Crippen LogP contribution in [0.3, 0.4) is 0 Å². The molecule has 4 rings (SSSR count). The number of nitrogens with one attached hydrogen (secondary N) is 2. The highest BCUT2D eigenvalue weighted by Gasteiger charge is 2.41. The summed E-state index contributed by atoms with van der Waals surface area (Å²) in [6.45, 7) is 4.26. The van der Waals surface area contributed by atoms with Crippen LogP contribution in [0.2, 0.25) is 0 Å². The van der Waals surface area contributed by atoms with Gasteiger partial charge in [-0.3, -0.25) is 14.4 Å². The van der Waals surface area contributed by atoms with Crippen molar-refractivity contribution in [3.8, 4) is 0 Å². The zero-order valence-electron chi connectivity index (χ0n) is 25.3. The van der Waals surface area contributed by atoms with Gasteiger partial charge in [-0.25, -0.2) is 0 Å². The molecule has 244 valence electrons. The molecular formula is C30H40BF3N6O5. The average molecular weight is 632 g/mol. The number of likely N-dealkylation sites (tertiary alicyclic amines) is 1. The standard InChI is InChI=1S/C30H40BF3N6O5/c1-29(2)22-9-8-20(14-23(22)31(44)45-29)38-28(43)25(11-5-17-3-6-18(7-4-17)30(32,33)34)39-27(42)24(37)10-12-26(41)40-16-19(36)13-21(40)15-35/h3-4,6-9,14,19,21,24-25,44H,5,10-13,15-16,35-37H2,1-2H3,(H,38,43)(H,39,42)/t19-,21-,24?,25?/m0/s1. The Labute approximate surface area is 260 Å². The van der Waals surface area contributed by atoms with Crippen molar-refractivity contribution in [2.24, 2.45) is 17.2 Å². The minimum absolute atomic E-state index is 0.0133. The van der Waals surface area contributed by atoms with Crippen molar-refractivity contribution in [2.45, 2.75) is 81.9 Å². The van der Waals surface area contributed by atoms with Crippen LogP contribution in [0, 0.1) is 0 Å². The molecule has 0 spiro atoms. The lowest BCUT2D eigenvalue weighted by Crippen LogP contribution is -2.50. The lowest BCUT2D eigenvalue weighted by atomic mass is 9.78. The molecule has 4 atom stereocenters. The highest BCUT2D eigenvalue weighted by molar-refractivity contribution is 6.62. The summed E-state index contributed by atoms with van der Waals surface area (Å²) in [7, 11) is -1.18. The van der Waals surface area contributed by atoms with Gasteiger partial charge in [0, 0.05) is 37.3 Å². The van der Waals surface area contributed by atoms with Gasteiger partial charge in [-0.1, -0.05) is 18.2 Å². The van der Waals surface area contributed by atoms with Gasteiger partial charge < -0.3 is 42.4 Å². The maximum atomic E-state index is 13.4. The van der Waals surface area contributed by atoms with Gasteiger partial charge in [-0.2, -0.15) is 13.2 Å². The molecule has 2 aliphatic rings. The quantitative estimate of drug-likeness (QED) is 0.196. The zero-order chi connectivity index (χ0) is 33.1. The SMILES string of the molecule is CC1(C)OB(O)c2cc(NC(=O)C(CCc3ccc(C(F)(F)F)cc3)NC(=O)C(N)CCC(=O)N3C[C@@H](N)C[C@H]3CN)ccc21. The van der Waals surface area contributed by atoms with Crippen LogP contribution in [0.15, 0.2) is 42.5 Å². The van der Waals surface area contributed by atoms with Crippen LogP contribution in [0.5, 0.6) is 0 Å². The second-order valence-electron chi connectivity index (χ2n) is 12.1. The largest absolute Gasteiger partial charge is 0.492 e. The molecular weight excluding hydrogens is 592 g/mol. The average Bonchev–Trinajstić information content (AvgIpc) is 3.47. The van der Waals surface area contributed by atoms with E-state index in [0.717, 1.165) is 17.7 Å². The second kappa shape index (κ2) is 13.9. The van der Waals surface area contributed by atoms with Gasteiger partial charge in [0.1, 0.15) is 6.04 Å². The molecule has 15 heteroatoms. The van der Waals surface area contributed by atoms with Gasteiger partial charge in [0.05, 0.1) is 17.2 Å². The van der Waals surface area contributed by atoms with Crippen LogP contribution in [0.4, 0.5) is 18.9 Å². The molecule has 2 aromatic rings. The Hall–Kier alpha value is -3.50. The smallest absolute Gasteiger partial charge is 0.423 e. The molecule has 1 fully saturated rings. The number of anilines is 1. The number of nitrogens with two attached hydrogens (primary N) is 3. The summed E-state index contributed by atoms with van der Waals surface area (Å²) in [6, 6.07) is 6.93. The number of alkyl halides is 3. The summed E-state index contributed by atoms with van der Waals surface area (Å²) in [5.41, 5.74) is 18.5. The first-order valence-corrected chi connectivity index (χ1v) is 14.9. The van der Waals surface area contributed by atoms with Crippen LogP contribution in [-0.2, 0) is 37.2 Å². The van der Waals surface area contributed by atoms with Crippen LogP contribution in [-0.4, -0.2) is 72.0 Å². The highest BCUT2D eigenvalue weighted by atomic mass is 19.4. The predicted octanol–water partition coefficient (Wildman–Crippen LogP) is 0.709. The number of aryl methyl sites for hydroxylation is 1. The lowest BCUT2D eigenvalue weighted by Gasteiger charge is -2.24. The Bertz CT molecular complexity index is 1390. The van der Waals surface area contributed by atoms with Crippen LogP contribution in [0.25, 0.3) is 0 Å². The van der Waals surface area contributed by atoms with E-state index in [1.807, 2.05) is 0 Å². The monoisotopic (exact) mass is 632 g/mol. The van der Waals surface area contributed by atoms with Crippen molar-refractivity contribution >= 4 is 36.0 Å². The molecule has 2 aliphatic heterocycles. The Morgan fingerprint density at radius 1 is 1.13 bits per heavy atom. The zero-order valence-corrected chi connectivity index (χ0v) is 25.3. The van der Waals surface area contributed by atoms with E-state index >= 15 is 0 Å². The third kappa shape index (κ3) is 8.41. The first-order valence-electron chi connectivity index (χ1n) is 14.9. The predicted molar refractivity (Wildman–Crippen MR) is 163 cm³/mol. The molecule has 0 radical (unpaired) electrons. The topological polar surface area (TPSA) is 186 Å². The van der Waals surface area contributed by atoms with E-state index in [1.165, 1.54) is 12.1 Å². The Morgan fingerprint density at radius 3 is 2.47 bits per heavy atom. The van der Waals surface area contributed by atoms with E-state index in [1.54, 1.807) is 36.9 Å². The fourth-order valence-corrected chi connectivity index (χ4v) is 5.78. The number of halogens is 3.